The van der Waals surface area contributed by atoms with Crippen molar-refractivity contribution in [2.24, 2.45) is 0 Å². The molecule has 1 aliphatic rings. The quantitative estimate of drug-likeness (QED) is 0.788. The van der Waals surface area contributed by atoms with Crippen LogP contribution in [0.5, 0.6) is 0 Å². The van der Waals surface area contributed by atoms with E-state index in [1.807, 2.05) is 31.2 Å². The predicted octanol–water partition coefficient (Wildman–Crippen LogP) is 0.967. The standard InChI is InChI=1S/C14H16N2O2/c1-11-2-4-12(5-3-11)6-7-14(18)16-9-8-15-13(17)10-16/h2-7H,8-10H2,1H3,(H,15,17). The highest BCUT2D eigenvalue weighted by Gasteiger charge is 2.18. The van der Waals surface area contributed by atoms with E-state index in [2.05, 4.69) is 5.32 Å². The van der Waals surface area contributed by atoms with Crippen LogP contribution in [0.2, 0.25) is 0 Å². The van der Waals surface area contributed by atoms with Gasteiger partial charge in [0, 0.05) is 19.2 Å². The average molecular weight is 244 g/mol. The Bertz CT molecular complexity index is 477. The number of carbonyl (C=O) groups is 2. The molecule has 1 fully saturated rings. The molecule has 0 spiro atoms. The lowest BCUT2D eigenvalue weighted by molar-refractivity contribution is -0.134. The minimum absolute atomic E-state index is 0.0988. The number of aryl methyl sites for hydroxylation is 1. The van der Waals surface area contributed by atoms with E-state index >= 15 is 0 Å². The first-order chi connectivity index (χ1) is 8.65. The predicted molar refractivity (Wildman–Crippen MR) is 69.8 cm³/mol. The molecule has 1 N–H and O–H groups in total. The van der Waals surface area contributed by atoms with Crippen LogP contribution in [0.3, 0.4) is 0 Å². The molecule has 1 aromatic rings. The van der Waals surface area contributed by atoms with Crippen LogP contribution in [0.25, 0.3) is 6.08 Å². The Kier molecular flexibility index (Phi) is 3.77. The van der Waals surface area contributed by atoms with Crippen molar-refractivity contribution in [3.05, 3.63) is 41.5 Å². The van der Waals surface area contributed by atoms with Crippen molar-refractivity contribution in [2.75, 3.05) is 19.6 Å². The molecule has 4 heteroatoms. The summed E-state index contributed by atoms with van der Waals surface area (Å²) < 4.78 is 0. The summed E-state index contributed by atoms with van der Waals surface area (Å²) in [5.74, 6) is -0.219. The van der Waals surface area contributed by atoms with Crippen LogP contribution in [-0.2, 0) is 9.59 Å². The normalized spacial score (nSPS) is 15.8. The number of piperazine rings is 1. The number of hydrogen-bond acceptors (Lipinski definition) is 2. The molecule has 1 saturated heterocycles. The SMILES string of the molecule is Cc1ccc(C=CC(=O)N2CCNC(=O)C2)cc1. The molecule has 0 saturated carbocycles. The molecule has 0 aromatic heterocycles. The molecule has 1 aliphatic heterocycles. The maximum atomic E-state index is 11.8. The van der Waals surface area contributed by atoms with Gasteiger partial charge < -0.3 is 10.2 Å². The first-order valence-electron chi connectivity index (χ1n) is 5.95. The maximum absolute atomic E-state index is 11.8. The molecule has 0 radical (unpaired) electrons. The van der Waals surface area contributed by atoms with Crippen LogP contribution < -0.4 is 5.32 Å². The summed E-state index contributed by atoms with van der Waals surface area (Å²) >= 11 is 0. The monoisotopic (exact) mass is 244 g/mol. The summed E-state index contributed by atoms with van der Waals surface area (Å²) in [5.41, 5.74) is 2.17. The Labute approximate surface area is 106 Å². The average Bonchev–Trinajstić information content (AvgIpc) is 2.38. The number of amides is 2. The zero-order valence-corrected chi connectivity index (χ0v) is 10.3. The van der Waals surface area contributed by atoms with Gasteiger partial charge in [-0.2, -0.15) is 0 Å². The number of benzene rings is 1. The second-order valence-electron chi connectivity index (χ2n) is 4.35. The van der Waals surface area contributed by atoms with Crippen LogP contribution >= 0.6 is 0 Å². The van der Waals surface area contributed by atoms with Gasteiger partial charge in [0.2, 0.25) is 11.8 Å². The second-order valence-corrected chi connectivity index (χ2v) is 4.35. The van der Waals surface area contributed by atoms with Gasteiger partial charge in [-0.3, -0.25) is 9.59 Å². The molecule has 0 aliphatic carbocycles. The van der Waals surface area contributed by atoms with Gasteiger partial charge in [0.25, 0.3) is 0 Å². The van der Waals surface area contributed by atoms with E-state index < -0.39 is 0 Å². The van der Waals surface area contributed by atoms with E-state index in [1.165, 1.54) is 11.6 Å². The lowest BCUT2D eigenvalue weighted by Gasteiger charge is -2.25. The highest BCUT2D eigenvalue weighted by atomic mass is 16.2. The van der Waals surface area contributed by atoms with Crippen molar-refractivity contribution >= 4 is 17.9 Å². The molecule has 1 heterocycles. The van der Waals surface area contributed by atoms with Gasteiger partial charge >= 0.3 is 0 Å². The molecule has 2 rings (SSSR count). The van der Waals surface area contributed by atoms with Gasteiger partial charge in [-0.25, -0.2) is 0 Å². The lowest BCUT2D eigenvalue weighted by atomic mass is 10.1. The third-order valence-electron chi connectivity index (χ3n) is 2.85. The van der Waals surface area contributed by atoms with Crippen molar-refractivity contribution in [3.63, 3.8) is 0 Å². The van der Waals surface area contributed by atoms with Crippen molar-refractivity contribution in [1.29, 1.82) is 0 Å². The van der Waals surface area contributed by atoms with Gasteiger partial charge in [0.05, 0.1) is 6.54 Å². The molecular formula is C14H16N2O2. The summed E-state index contributed by atoms with van der Waals surface area (Å²) in [4.78, 5) is 24.5. The van der Waals surface area contributed by atoms with E-state index in [0.717, 1.165) is 5.56 Å². The first kappa shape index (κ1) is 12.4. The Balaban J connectivity index is 1.98. The third-order valence-corrected chi connectivity index (χ3v) is 2.85. The molecule has 2 amide bonds. The number of nitrogens with zero attached hydrogens (tertiary/aromatic N) is 1. The topological polar surface area (TPSA) is 49.4 Å². The van der Waals surface area contributed by atoms with Crippen LogP contribution in [0.1, 0.15) is 11.1 Å². The van der Waals surface area contributed by atoms with Crippen molar-refractivity contribution in [3.8, 4) is 0 Å². The van der Waals surface area contributed by atoms with Crippen LogP contribution in [0, 0.1) is 6.92 Å². The molecule has 94 valence electrons. The summed E-state index contributed by atoms with van der Waals surface area (Å²) in [6.07, 6.45) is 3.29. The molecule has 18 heavy (non-hydrogen) atoms. The molecule has 4 nitrogen and oxygen atoms in total. The largest absolute Gasteiger partial charge is 0.353 e. The summed E-state index contributed by atoms with van der Waals surface area (Å²) in [5, 5.41) is 2.69. The zero-order valence-electron chi connectivity index (χ0n) is 10.3. The highest BCUT2D eigenvalue weighted by molar-refractivity contribution is 5.94. The van der Waals surface area contributed by atoms with Crippen molar-refractivity contribution < 1.29 is 9.59 Å². The van der Waals surface area contributed by atoms with E-state index in [9.17, 15) is 9.59 Å². The van der Waals surface area contributed by atoms with Crippen LogP contribution in [-0.4, -0.2) is 36.3 Å². The fraction of sp³-hybridized carbons (Fsp3) is 0.286. The Hall–Kier alpha value is -2.10. The lowest BCUT2D eigenvalue weighted by Crippen LogP contribution is -2.49. The maximum Gasteiger partial charge on any atom is 0.247 e. The molecule has 0 unspecified atom stereocenters. The Morgan fingerprint density at radius 1 is 1.33 bits per heavy atom. The van der Waals surface area contributed by atoms with Gasteiger partial charge in [0.1, 0.15) is 0 Å². The highest BCUT2D eigenvalue weighted by Crippen LogP contribution is 2.06. The van der Waals surface area contributed by atoms with E-state index in [-0.39, 0.29) is 18.4 Å². The minimum Gasteiger partial charge on any atom is -0.353 e. The van der Waals surface area contributed by atoms with Crippen LogP contribution in [0.4, 0.5) is 0 Å². The van der Waals surface area contributed by atoms with Crippen molar-refractivity contribution in [2.45, 2.75) is 6.92 Å². The fourth-order valence-electron chi connectivity index (χ4n) is 1.78. The van der Waals surface area contributed by atoms with Gasteiger partial charge in [-0.1, -0.05) is 29.8 Å². The van der Waals surface area contributed by atoms with Crippen molar-refractivity contribution in [1.82, 2.24) is 10.2 Å². The third kappa shape index (κ3) is 3.20. The van der Waals surface area contributed by atoms with Gasteiger partial charge in [0.15, 0.2) is 0 Å². The molecular weight excluding hydrogens is 228 g/mol. The Morgan fingerprint density at radius 2 is 2.06 bits per heavy atom. The first-order valence-corrected chi connectivity index (χ1v) is 5.95. The van der Waals surface area contributed by atoms with Crippen LogP contribution in [0.15, 0.2) is 30.3 Å². The molecule has 1 aromatic carbocycles. The fourth-order valence-corrected chi connectivity index (χ4v) is 1.78. The number of rotatable bonds is 2. The zero-order chi connectivity index (χ0) is 13.0. The minimum atomic E-state index is -0.120. The van der Waals surface area contributed by atoms with E-state index in [0.29, 0.717) is 13.1 Å². The molecule has 0 atom stereocenters. The molecule has 0 bridgehead atoms. The Morgan fingerprint density at radius 3 is 2.72 bits per heavy atom. The van der Waals surface area contributed by atoms with E-state index in [1.54, 1.807) is 11.0 Å². The summed E-state index contributed by atoms with van der Waals surface area (Å²) in [6, 6.07) is 7.92. The second kappa shape index (κ2) is 5.49. The number of hydrogen-bond donors (Lipinski definition) is 1. The van der Waals surface area contributed by atoms with Gasteiger partial charge in [-0.05, 0) is 18.6 Å². The summed E-state index contributed by atoms with van der Waals surface area (Å²) in [7, 11) is 0. The van der Waals surface area contributed by atoms with Gasteiger partial charge in [-0.15, -0.1) is 0 Å². The smallest absolute Gasteiger partial charge is 0.247 e. The summed E-state index contributed by atoms with van der Waals surface area (Å²) in [6.45, 7) is 3.27. The number of carbonyl (C=O) groups excluding carboxylic acids is 2. The van der Waals surface area contributed by atoms with E-state index in [4.69, 9.17) is 0 Å². The number of nitrogens with one attached hydrogen (secondary N) is 1.